The summed E-state index contributed by atoms with van der Waals surface area (Å²) in [7, 11) is 1.49. The molecule has 0 rings (SSSR count). The Morgan fingerprint density at radius 2 is 0.946 bits per heavy atom. The highest BCUT2D eigenvalue weighted by Crippen LogP contribution is 2.45. The Labute approximate surface area is 345 Å². The average Bonchev–Trinajstić information content (AvgIpc) is 3.14. The fourth-order valence-corrected chi connectivity index (χ4v) is 7.55. The highest BCUT2D eigenvalue weighted by Gasteiger charge is 2.31. The number of nitrogens with zero attached hydrogens (tertiary/aromatic N) is 1. The second kappa shape index (κ2) is 37.7. The number of esters is 2. The largest absolute Gasteiger partial charge is 0.472 e. The molecule has 1 N–H and O–H groups in total. The lowest BCUT2D eigenvalue weighted by Gasteiger charge is -2.29. The van der Waals surface area contributed by atoms with Crippen molar-refractivity contribution in [1.82, 2.24) is 0 Å². The summed E-state index contributed by atoms with van der Waals surface area (Å²) in [6.07, 6.45) is 39.3. The number of unbranched alkanes of at least 4 members (excludes halogenated alkanes) is 22. The first-order valence-electron chi connectivity index (χ1n) is 23.0. The van der Waals surface area contributed by atoms with Crippen LogP contribution in [0.4, 0.5) is 0 Å². The van der Waals surface area contributed by atoms with Crippen LogP contribution in [-0.2, 0) is 32.7 Å². The van der Waals surface area contributed by atoms with Crippen LogP contribution in [-0.4, -0.2) is 74.4 Å². The van der Waals surface area contributed by atoms with Crippen LogP contribution in [0.1, 0.15) is 207 Å². The second-order valence-corrected chi connectivity index (χ2v) is 18.2. The molecule has 0 aliphatic rings. The number of allylic oxidation sites excluding steroid dienone is 4. The number of phosphoric ester groups is 1. The lowest BCUT2D eigenvalue weighted by Crippen LogP contribution is -2.42. The Morgan fingerprint density at radius 1 is 0.554 bits per heavy atom. The highest BCUT2D eigenvalue weighted by atomic mass is 31.2. The number of ether oxygens (including phenoxy) is 2. The van der Waals surface area contributed by atoms with Crippen LogP contribution in [0.5, 0.6) is 0 Å². The lowest BCUT2D eigenvalue weighted by molar-refractivity contribution is -0.873. The SMILES string of the molecule is CCCCCCCC/C=C\CCCCCCCC(=O)OC[C@H](COP(=O)(O)OC(CC)C[N+](C)(C)C)OC(=O)CCCCCCC/C=C\CCCCCCCC. The maximum Gasteiger partial charge on any atom is 0.472 e. The molecular formula is C46H89NO8P+. The molecule has 0 saturated heterocycles. The van der Waals surface area contributed by atoms with E-state index in [1.54, 1.807) is 0 Å². The smallest absolute Gasteiger partial charge is 0.462 e. The summed E-state index contributed by atoms with van der Waals surface area (Å²) in [6.45, 7) is 6.26. The van der Waals surface area contributed by atoms with Gasteiger partial charge in [0.15, 0.2) is 6.10 Å². The number of rotatable bonds is 41. The van der Waals surface area contributed by atoms with Gasteiger partial charge in [0, 0.05) is 12.8 Å². The van der Waals surface area contributed by atoms with Gasteiger partial charge in [-0.3, -0.25) is 18.6 Å². The second-order valence-electron chi connectivity index (χ2n) is 16.8. The van der Waals surface area contributed by atoms with Gasteiger partial charge in [0.05, 0.1) is 27.7 Å². The fraction of sp³-hybridized carbons (Fsp3) is 0.870. The fourth-order valence-electron chi connectivity index (χ4n) is 6.54. The molecule has 0 radical (unpaired) electrons. The van der Waals surface area contributed by atoms with Crippen LogP contribution < -0.4 is 0 Å². The van der Waals surface area contributed by atoms with E-state index in [2.05, 4.69) is 38.2 Å². The molecule has 0 heterocycles. The molecule has 2 unspecified atom stereocenters. The van der Waals surface area contributed by atoms with Crippen molar-refractivity contribution in [3.05, 3.63) is 24.3 Å². The summed E-state index contributed by atoms with van der Waals surface area (Å²) in [5.74, 6) is -0.812. The van der Waals surface area contributed by atoms with Gasteiger partial charge in [-0.15, -0.1) is 0 Å². The summed E-state index contributed by atoms with van der Waals surface area (Å²) < 4.78 is 35.2. The van der Waals surface area contributed by atoms with Crippen molar-refractivity contribution in [1.29, 1.82) is 0 Å². The van der Waals surface area contributed by atoms with Gasteiger partial charge in [0.25, 0.3) is 0 Å². The molecule has 0 aromatic carbocycles. The van der Waals surface area contributed by atoms with Crippen LogP contribution >= 0.6 is 7.82 Å². The molecule has 330 valence electrons. The summed E-state index contributed by atoms with van der Waals surface area (Å²) >= 11 is 0. The molecule has 0 aromatic rings. The van der Waals surface area contributed by atoms with Gasteiger partial charge in [0.2, 0.25) is 0 Å². The van der Waals surface area contributed by atoms with Gasteiger partial charge in [-0.2, -0.15) is 0 Å². The molecule has 0 saturated carbocycles. The van der Waals surface area contributed by atoms with Crippen molar-refractivity contribution >= 4 is 19.8 Å². The van der Waals surface area contributed by atoms with Gasteiger partial charge in [-0.1, -0.05) is 148 Å². The van der Waals surface area contributed by atoms with Crippen molar-refractivity contribution in [2.75, 3.05) is 40.9 Å². The predicted molar refractivity (Wildman–Crippen MR) is 234 cm³/mol. The van der Waals surface area contributed by atoms with Crippen molar-refractivity contribution < 1.29 is 42.1 Å². The molecule has 3 atom stereocenters. The van der Waals surface area contributed by atoms with Gasteiger partial charge in [-0.05, 0) is 70.6 Å². The lowest BCUT2D eigenvalue weighted by atomic mass is 10.1. The van der Waals surface area contributed by atoms with Gasteiger partial charge < -0.3 is 18.9 Å². The number of carbonyl (C=O) groups excluding carboxylic acids is 2. The van der Waals surface area contributed by atoms with E-state index in [0.717, 1.165) is 70.6 Å². The normalized spacial score (nSPS) is 14.3. The molecule has 0 aliphatic heterocycles. The molecule has 10 heteroatoms. The Morgan fingerprint density at radius 3 is 1.36 bits per heavy atom. The molecule has 9 nitrogen and oxygen atoms in total. The standard InChI is InChI=1S/C46H88NO8P/c1-7-10-12-14-16-18-20-22-24-26-28-30-32-34-36-38-45(48)52-41-44(42-53-56(50,51)55-43(9-3)40-47(4,5)6)54-46(49)39-37-35-33-31-29-27-25-23-21-19-17-15-13-11-8-2/h22-25,43-44H,7-21,26-42H2,1-6H3/p+1/b24-22-,25-23-/t43?,44-/m1/s1. The zero-order valence-electron chi connectivity index (χ0n) is 37.3. The van der Waals surface area contributed by atoms with E-state index in [1.165, 1.54) is 89.9 Å². The van der Waals surface area contributed by atoms with E-state index in [-0.39, 0.29) is 25.4 Å². The van der Waals surface area contributed by atoms with E-state index in [9.17, 15) is 19.0 Å². The van der Waals surface area contributed by atoms with E-state index >= 15 is 0 Å². The maximum atomic E-state index is 12.8. The van der Waals surface area contributed by atoms with E-state index in [4.69, 9.17) is 18.5 Å². The minimum Gasteiger partial charge on any atom is -0.462 e. The molecule has 56 heavy (non-hydrogen) atoms. The summed E-state index contributed by atoms with van der Waals surface area (Å²) in [5.41, 5.74) is 0. The zero-order valence-corrected chi connectivity index (χ0v) is 38.2. The molecule has 0 aliphatic carbocycles. The van der Waals surface area contributed by atoms with Crippen LogP contribution in [0.2, 0.25) is 0 Å². The van der Waals surface area contributed by atoms with Gasteiger partial charge >= 0.3 is 19.8 Å². The zero-order chi connectivity index (χ0) is 41.6. The molecule has 0 amide bonds. The average molecular weight is 815 g/mol. The van der Waals surface area contributed by atoms with Gasteiger partial charge in [0.1, 0.15) is 19.3 Å². The van der Waals surface area contributed by atoms with Crippen LogP contribution in [0.15, 0.2) is 24.3 Å². The minimum absolute atomic E-state index is 0.228. The number of hydrogen-bond acceptors (Lipinski definition) is 7. The number of quaternary nitrogens is 1. The third-order valence-corrected chi connectivity index (χ3v) is 11.0. The number of likely N-dealkylation sites (N-methyl/N-ethyl adjacent to an activating group) is 1. The predicted octanol–water partition coefficient (Wildman–Crippen LogP) is 13.1. The third-order valence-electron chi connectivity index (χ3n) is 9.93. The third kappa shape index (κ3) is 39.3. The Hall–Kier alpha value is -1.51. The molecule has 0 fully saturated rings. The van der Waals surface area contributed by atoms with Crippen molar-refractivity contribution in [3.8, 4) is 0 Å². The van der Waals surface area contributed by atoms with E-state index < -0.39 is 32.6 Å². The first-order chi connectivity index (χ1) is 26.9. The van der Waals surface area contributed by atoms with Crippen LogP contribution in [0.25, 0.3) is 0 Å². The van der Waals surface area contributed by atoms with E-state index in [0.29, 0.717) is 23.9 Å². The number of carbonyl (C=O) groups is 2. The van der Waals surface area contributed by atoms with Gasteiger partial charge in [-0.25, -0.2) is 4.57 Å². The topological polar surface area (TPSA) is 108 Å². The van der Waals surface area contributed by atoms with Crippen molar-refractivity contribution in [2.24, 2.45) is 0 Å². The Balaban J connectivity index is 4.55. The van der Waals surface area contributed by atoms with Crippen molar-refractivity contribution in [3.63, 3.8) is 0 Å². The molecular weight excluding hydrogens is 725 g/mol. The Bertz CT molecular complexity index is 1030. The van der Waals surface area contributed by atoms with Crippen molar-refractivity contribution in [2.45, 2.75) is 219 Å². The molecule has 0 spiro atoms. The Kier molecular flexibility index (Phi) is 36.7. The summed E-state index contributed by atoms with van der Waals surface area (Å²) in [5, 5.41) is 0. The minimum atomic E-state index is -4.45. The summed E-state index contributed by atoms with van der Waals surface area (Å²) in [6, 6.07) is 0. The van der Waals surface area contributed by atoms with Crippen LogP contribution in [0.3, 0.4) is 0 Å². The maximum absolute atomic E-state index is 12.8. The molecule has 0 bridgehead atoms. The quantitative estimate of drug-likeness (QED) is 0.0214. The monoisotopic (exact) mass is 815 g/mol. The number of hydrogen-bond donors (Lipinski definition) is 1. The highest BCUT2D eigenvalue weighted by molar-refractivity contribution is 7.47. The number of phosphoric acid groups is 1. The van der Waals surface area contributed by atoms with Crippen LogP contribution in [0, 0.1) is 0 Å². The molecule has 0 aromatic heterocycles. The first kappa shape index (κ1) is 54.5. The van der Waals surface area contributed by atoms with E-state index in [1.807, 2.05) is 28.1 Å². The first-order valence-corrected chi connectivity index (χ1v) is 24.5. The summed E-state index contributed by atoms with van der Waals surface area (Å²) in [4.78, 5) is 35.8.